The van der Waals surface area contributed by atoms with E-state index in [0.29, 0.717) is 6.54 Å². The average Bonchev–Trinajstić information content (AvgIpc) is 2.66. The Hall–Kier alpha value is -2.31. The van der Waals surface area contributed by atoms with Crippen LogP contribution in [0.3, 0.4) is 0 Å². The highest BCUT2D eigenvalue weighted by Gasteiger charge is 2.13. The molecule has 0 aliphatic carbocycles. The van der Waals surface area contributed by atoms with Crippen molar-refractivity contribution in [3.05, 3.63) is 54.1 Å². The van der Waals surface area contributed by atoms with Gasteiger partial charge in [0.25, 0.3) is 0 Å². The van der Waals surface area contributed by atoms with Crippen LogP contribution in [0.2, 0.25) is 0 Å². The van der Waals surface area contributed by atoms with Crippen LogP contribution in [0.25, 0.3) is 0 Å². The Morgan fingerprint density at radius 2 is 1.52 bits per heavy atom. The van der Waals surface area contributed by atoms with Gasteiger partial charge in [0.05, 0.1) is 13.7 Å². The van der Waals surface area contributed by atoms with Gasteiger partial charge in [-0.05, 0) is 68.3 Å². The predicted molar refractivity (Wildman–Crippen MR) is 119 cm³/mol. The molecule has 0 amide bonds. The summed E-state index contributed by atoms with van der Waals surface area (Å²) in [6.45, 7) is 2.43. The van der Waals surface area contributed by atoms with Crippen molar-refractivity contribution < 1.29 is 4.74 Å². The Balaban J connectivity index is 2.18. The van der Waals surface area contributed by atoms with E-state index in [9.17, 15) is 0 Å². The SMILES string of the molecule is COc1ccc(N(Cc2ccc(N(C)C)cc2)C(=S)NCCN(C)C)cc1. The molecule has 0 radical (unpaired) electrons. The van der Waals surface area contributed by atoms with Crippen LogP contribution in [0.1, 0.15) is 5.56 Å². The monoisotopic (exact) mass is 386 g/mol. The minimum Gasteiger partial charge on any atom is -0.497 e. The number of rotatable bonds is 8. The first-order chi connectivity index (χ1) is 12.9. The summed E-state index contributed by atoms with van der Waals surface area (Å²) in [5.74, 6) is 0.834. The van der Waals surface area contributed by atoms with Crippen LogP contribution in [0.15, 0.2) is 48.5 Å². The zero-order valence-electron chi connectivity index (χ0n) is 16.9. The molecule has 0 spiro atoms. The fraction of sp³-hybridized carbons (Fsp3) is 0.381. The van der Waals surface area contributed by atoms with Crippen LogP contribution in [0.4, 0.5) is 11.4 Å². The van der Waals surface area contributed by atoms with Crippen LogP contribution in [-0.2, 0) is 6.54 Å². The van der Waals surface area contributed by atoms with Crippen molar-refractivity contribution >= 4 is 28.7 Å². The first-order valence-electron chi connectivity index (χ1n) is 9.01. The topological polar surface area (TPSA) is 31.0 Å². The largest absolute Gasteiger partial charge is 0.497 e. The molecule has 0 bridgehead atoms. The molecule has 0 unspecified atom stereocenters. The second kappa shape index (κ2) is 10.1. The normalized spacial score (nSPS) is 10.6. The maximum absolute atomic E-state index is 5.69. The smallest absolute Gasteiger partial charge is 0.173 e. The third kappa shape index (κ3) is 6.41. The number of hydrogen-bond donors (Lipinski definition) is 1. The van der Waals surface area contributed by atoms with E-state index in [-0.39, 0.29) is 0 Å². The quantitative estimate of drug-likeness (QED) is 0.701. The Morgan fingerprint density at radius 3 is 2.04 bits per heavy atom. The van der Waals surface area contributed by atoms with Crippen molar-refractivity contribution in [2.24, 2.45) is 0 Å². The molecular weight excluding hydrogens is 356 g/mol. The van der Waals surface area contributed by atoms with Crippen molar-refractivity contribution in [2.75, 3.05) is 58.2 Å². The Bertz CT molecular complexity index is 714. The summed E-state index contributed by atoms with van der Waals surface area (Å²) in [6, 6.07) is 16.5. The van der Waals surface area contributed by atoms with Crippen LogP contribution in [-0.4, -0.2) is 58.4 Å². The molecule has 2 rings (SSSR count). The minimum atomic E-state index is 0.702. The van der Waals surface area contributed by atoms with Gasteiger partial charge in [-0.2, -0.15) is 0 Å². The van der Waals surface area contributed by atoms with E-state index >= 15 is 0 Å². The van der Waals surface area contributed by atoms with E-state index in [1.807, 2.05) is 38.4 Å². The zero-order chi connectivity index (χ0) is 19.8. The van der Waals surface area contributed by atoms with Gasteiger partial charge in [0, 0.05) is 38.6 Å². The molecule has 1 N–H and O–H groups in total. The van der Waals surface area contributed by atoms with Gasteiger partial charge in [-0.1, -0.05) is 12.1 Å². The minimum absolute atomic E-state index is 0.702. The van der Waals surface area contributed by atoms with Gasteiger partial charge in [0.2, 0.25) is 0 Å². The molecule has 5 nitrogen and oxygen atoms in total. The molecule has 27 heavy (non-hydrogen) atoms. The number of thiocarbonyl (C=S) groups is 1. The second-order valence-corrected chi connectivity index (χ2v) is 7.27. The van der Waals surface area contributed by atoms with Crippen LogP contribution < -0.4 is 19.9 Å². The Morgan fingerprint density at radius 1 is 0.926 bits per heavy atom. The standard InChI is InChI=1S/C21H30N4OS/c1-23(2)15-14-22-21(27)25(19-10-12-20(26-5)13-11-19)16-17-6-8-18(9-7-17)24(3)4/h6-13H,14-16H2,1-5H3,(H,22,27). The molecule has 0 atom stereocenters. The molecule has 0 aromatic heterocycles. The lowest BCUT2D eigenvalue weighted by atomic mass is 10.1. The highest BCUT2D eigenvalue weighted by molar-refractivity contribution is 7.80. The maximum Gasteiger partial charge on any atom is 0.173 e. The first kappa shape index (κ1) is 21.0. The van der Waals surface area contributed by atoms with Crippen molar-refractivity contribution in [1.29, 1.82) is 0 Å². The Labute approximate surface area is 168 Å². The second-order valence-electron chi connectivity index (χ2n) is 6.88. The number of likely N-dealkylation sites (N-methyl/N-ethyl adjacent to an activating group) is 1. The summed E-state index contributed by atoms with van der Waals surface area (Å²) in [5, 5.41) is 4.09. The lowest BCUT2D eigenvalue weighted by molar-refractivity contribution is 0.412. The molecule has 0 heterocycles. The number of anilines is 2. The third-order valence-electron chi connectivity index (χ3n) is 4.26. The highest BCUT2D eigenvalue weighted by atomic mass is 32.1. The summed E-state index contributed by atoms with van der Waals surface area (Å²) in [4.78, 5) is 6.35. The zero-order valence-corrected chi connectivity index (χ0v) is 17.7. The van der Waals surface area contributed by atoms with E-state index in [0.717, 1.165) is 29.6 Å². The summed E-state index contributed by atoms with van der Waals surface area (Å²) >= 11 is 5.69. The van der Waals surface area contributed by atoms with Crippen LogP contribution in [0, 0.1) is 0 Å². The highest BCUT2D eigenvalue weighted by Crippen LogP contribution is 2.22. The molecule has 6 heteroatoms. The maximum atomic E-state index is 5.69. The number of ether oxygens (including phenoxy) is 1. The van der Waals surface area contributed by atoms with E-state index < -0.39 is 0 Å². The molecule has 146 valence electrons. The molecule has 2 aromatic rings. The molecule has 0 saturated heterocycles. The van der Waals surface area contributed by atoms with E-state index in [1.54, 1.807) is 7.11 Å². The van der Waals surface area contributed by atoms with Crippen molar-refractivity contribution in [3.8, 4) is 5.75 Å². The molecular formula is C21H30N4OS. The molecule has 0 fully saturated rings. The molecule has 0 saturated carbocycles. The summed E-state index contributed by atoms with van der Waals surface area (Å²) in [7, 11) is 9.87. The number of hydrogen-bond acceptors (Lipinski definition) is 4. The van der Waals surface area contributed by atoms with Gasteiger partial charge in [0.15, 0.2) is 5.11 Å². The fourth-order valence-electron chi connectivity index (χ4n) is 2.61. The summed E-state index contributed by atoms with van der Waals surface area (Å²) in [6.07, 6.45) is 0. The van der Waals surface area contributed by atoms with E-state index in [1.165, 1.54) is 11.3 Å². The van der Waals surface area contributed by atoms with Gasteiger partial charge in [0.1, 0.15) is 5.75 Å². The van der Waals surface area contributed by atoms with Crippen LogP contribution >= 0.6 is 12.2 Å². The van der Waals surface area contributed by atoms with Gasteiger partial charge >= 0.3 is 0 Å². The van der Waals surface area contributed by atoms with Crippen LogP contribution in [0.5, 0.6) is 5.75 Å². The number of nitrogens with one attached hydrogen (secondary N) is 1. The fourth-order valence-corrected chi connectivity index (χ4v) is 2.88. The lowest BCUT2D eigenvalue weighted by Gasteiger charge is -2.27. The van der Waals surface area contributed by atoms with Gasteiger partial charge in [-0.15, -0.1) is 0 Å². The van der Waals surface area contributed by atoms with Crippen molar-refractivity contribution in [2.45, 2.75) is 6.54 Å². The van der Waals surface area contributed by atoms with Crippen molar-refractivity contribution in [3.63, 3.8) is 0 Å². The summed E-state index contributed by atoms with van der Waals surface area (Å²) < 4.78 is 5.28. The van der Waals surface area contributed by atoms with Gasteiger partial charge in [-0.3, -0.25) is 0 Å². The lowest BCUT2D eigenvalue weighted by Crippen LogP contribution is -2.42. The number of nitrogens with zero attached hydrogens (tertiary/aromatic N) is 3. The summed E-state index contributed by atoms with van der Waals surface area (Å²) in [5.41, 5.74) is 3.42. The Kier molecular flexibility index (Phi) is 7.88. The first-order valence-corrected chi connectivity index (χ1v) is 9.42. The van der Waals surface area contributed by atoms with Gasteiger partial charge in [-0.25, -0.2) is 0 Å². The predicted octanol–water partition coefficient (Wildman–Crippen LogP) is 3.20. The number of benzene rings is 2. The van der Waals surface area contributed by atoms with E-state index in [4.69, 9.17) is 17.0 Å². The van der Waals surface area contributed by atoms with Gasteiger partial charge < -0.3 is 24.8 Å². The third-order valence-corrected chi connectivity index (χ3v) is 4.62. The van der Waals surface area contributed by atoms with Crippen molar-refractivity contribution in [1.82, 2.24) is 10.2 Å². The molecule has 0 aliphatic rings. The molecule has 0 aliphatic heterocycles. The molecule has 2 aromatic carbocycles. The van der Waals surface area contributed by atoms with E-state index in [2.05, 4.69) is 58.4 Å². The number of methoxy groups -OCH3 is 1. The average molecular weight is 387 g/mol.